The van der Waals surface area contributed by atoms with Crippen molar-refractivity contribution in [3.8, 4) is 11.5 Å². The molecule has 0 aliphatic carbocycles. The van der Waals surface area contributed by atoms with Gasteiger partial charge in [0, 0.05) is 17.5 Å². The maximum atomic E-state index is 12.3. The normalized spacial score (nSPS) is 13.5. The second kappa shape index (κ2) is 9.34. The lowest BCUT2D eigenvalue weighted by molar-refractivity contribution is -0.111. The third kappa shape index (κ3) is 5.00. The van der Waals surface area contributed by atoms with Crippen molar-refractivity contribution < 1.29 is 23.8 Å². The van der Waals surface area contributed by atoms with Crippen LogP contribution < -0.4 is 19.7 Å². The summed E-state index contributed by atoms with van der Waals surface area (Å²) in [4.78, 5) is 25.5. The van der Waals surface area contributed by atoms with Crippen LogP contribution >= 0.6 is 11.6 Å². The molecule has 0 unspecified atom stereocenters. The summed E-state index contributed by atoms with van der Waals surface area (Å²) in [6.07, 6.45) is 2.63. The summed E-state index contributed by atoms with van der Waals surface area (Å²) in [5.41, 5.74) is 1.93. The summed E-state index contributed by atoms with van der Waals surface area (Å²) in [5.74, 6) is 0.635. The second-order valence-electron chi connectivity index (χ2n) is 6.11. The molecule has 0 bridgehead atoms. The zero-order chi connectivity index (χ0) is 20.8. The van der Waals surface area contributed by atoms with Crippen molar-refractivity contribution in [2.24, 2.45) is 0 Å². The number of hydrogen-bond acceptors (Lipinski definition) is 5. The number of halogens is 1. The predicted molar refractivity (Wildman–Crippen MR) is 112 cm³/mol. The molecule has 2 aromatic carbocycles. The van der Waals surface area contributed by atoms with Gasteiger partial charge < -0.3 is 19.5 Å². The highest BCUT2D eigenvalue weighted by Gasteiger charge is 2.23. The molecule has 1 fully saturated rings. The number of hydrogen-bond donors (Lipinski definition) is 1. The highest BCUT2D eigenvalue weighted by molar-refractivity contribution is 6.32. The van der Waals surface area contributed by atoms with Crippen LogP contribution in [-0.4, -0.2) is 38.9 Å². The Hall–Kier alpha value is -3.19. The molecule has 1 aliphatic rings. The topological polar surface area (TPSA) is 77.1 Å². The van der Waals surface area contributed by atoms with Crippen LogP contribution in [0.4, 0.5) is 16.2 Å². The van der Waals surface area contributed by atoms with Crippen LogP contribution in [0.3, 0.4) is 0 Å². The van der Waals surface area contributed by atoms with Crippen molar-refractivity contribution in [1.29, 1.82) is 0 Å². The first-order valence-electron chi connectivity index (χ1n) is 9.05. The lowest BCUT2D eigenvalue weighted by Crippen LogP contribution is -2.23. The molecular weight excluding hydrogens is 396 g/mol. The Bertz CT molecular complexity index is 945. The van der Waals surface area contributed by atoms with Gasteiger partial charge in [0.2, 0.25) is 5.91 Å². The number of amides is 2. The number of anilines is 2. The first-order chi connectivity index (χ1) is 14.0. The highest BCUT2D eigenvalue weighted by atomic mass is 35.5. The molecule has 1 heterocycles. The maximum absolute atomic E-state index is 12.3. The van der Waals surface area contributed by atoms with E-state index in [1.54, 1.807) is 42.5 Å². The fourth-order valence-electron chi connectivity index (χ4n) is 2.88. The Morgan fingerprint density at radius 1 is 1.34 bits per heavy atom. The Morgan fingerprint density at radius 2 is 2.17 bits per heavy atom. The molecule has 3 rings (SSSR count). The molecule has 1 aliphatic heterocycles. The molecule has 0 radical (unpaired) electrons. The maximum Gasteiger partial charge on any atom is 0.414 e. The fraction of sp³-hybridized carbons (Fsp3) is 0.238. The summed E-state index contributed by atoms with van der Waals surface area (Å²) >= 11 is 6.23. The van der Waals surface area contributed by atoms with E-state index >= 15 is 0 Å². The van der Waals surface area contributed by atoms with E-state index in [1.165, 1.54) is 18.1 Å². The molecule has 0 spiro atoms. The van der Waals surface area contributed by atoms with Crippen molar-refractivity contribution in [2.75, 3.05) is 37.1 Å². The van der Waals surface area contributed by atoms with Crippen LogP contribution in [0.5, 0.6) is 11.5 Å². The van der Waals surface area contributed by atoms with E-state index in [9.17, 15) is 9.59 Å². The van der Waals surface area contributed by atoms with Crippen LogP contribution in [0, 0.1) is 0 Å². The van der Waals surface area contributed by atoms with Crippen molar-refractivity contribution >= 4 is 41.1 Å². The number of rotatable bonds is 7. The van der Waals surface area contributed by atoms with E-state index in [1.807, 2.05) is 6.92 Å². The Labute approximate surface area is 173 Å². The standard InChI is InChI=1S/C21H21ClN2O5/c1-3-28-18-12-14(11-17(22)20(18)27-2)7-8-19(25)23-15-5-4-6-16(13-15)24-9-10-29-21(24)26/h4-8,11-13H,3,9-10H2,1-2H3,(H,23,25)/b8-7+. The molecule has 0 aromatic heterocycles. The van der Waals surface area contributed by atoms with Crippen LogP contribution in [0.1, 0.15) is 12.5 Å². The molecule has 152 valence electrons. The number of nitrogens with zero attached hydrogens (tertiary/aromatic N) is 1. The average molecular weight is 417 g/mol. The third-order valence-corrected chi connectivity index (χ3v) is 4.43. The van der Waals surface area contributed by atoms with Gasteiger partial charge in [-0.1, -0.05) is 17.7 Å². The minimum Gasteiger partial charge on any atom is -0.491 e. The first-order valence-corrected chi connectivity index (χ1v) is 9.43. The largest absolute Gasteiger partial charge is 0.491 e. The van der Waals surface area contributed by atoms with Gasteiger partial charge in [-0.25, -0.2) is 4.79 Å². The van der Waals surface area contributed by atoms with Crippen molar-refractivity contribution in [1.82, 2.24) is 0 Å². The molecule has 7 nitrogen and oxygen atoms in total. The number of benzene rings is 2. The second-order valence-corrected chi connectivity index (χ2v) is 6.51. The van der Waals surface area contributed by atoms with Gasteiger partial charge in [-0.05, 0) is 48.9 Å². The summed E-state index contributed by atoms with van der Waals surface area (Å²) in [5, 5.41) is 3.17. The van der Waals surface area contributed by atoms with Crippen LogP contribution in [0.2, 0.25) is 5.02 Å². The minimum absolute atomic E-state index is 0.323. The quantitative estimate of drug-likeness (QED) is 0.679. The highest BCUT2D eigenvalue weighted by Crippen LogP contribution is 2.36. The molecule has 29 heavy (non-hydrogen) atoms. The van der Waals surface area contributed by atoms with Crippen molar-refractivity contribution in [3.05, 3.63) is 53.1 Å². The Morgan fingerprint density at radius 3 is 2.86 bits per heavy atom. The lowest BCUT2D eigenvalue weighted by atomic mass is 10.2. The fourth-order valence-corrected chi connectivity index (χ4v) is 3.18. The molecule has 8 heteroatoms. The van der Waals surface area contributed by atoms with Crippen LogP contribution in [-0.2, 0) is 9.53 Å². The number of cyclic esters (lactones) is 1. The number of carbonyl (C=O) groups excluding carboxylic acids is 2. The molecule has 2 aromatic rings. The van der Waals surface area contributed by atoms with Gasteiger partial charge >= 0.3 is 6.09 Å². The van der Waals surface area contributed by atoms with Gasteiger partial charge in [-0.2, -0.15) is 0 Å². The predicted octanol–water partition coefficient (Wildman–Crippen LogP) is 4.36. The monoisotopic (exact) mass is 416 g/mol. The van der Waals surface area contributed by atoms with E-state index in [0.717, 1.165) is 0 Å². The Kier molecular flexibility index (Phi) is 6.61. The smallest absolute Gasteiger partial charge is 0.414 e. The van der Waals surface area contributed by atoms with E-state index < -0.39 is 6.09 Å². The van der Waals surface area contributed by atoms with Gasteiger partial charge in [0.05, 0.1) is 25.3 Å². The zero-order valence-corrected chi connectivity index (χ0v) is 16.9. The molecule has 0 atom stereocenters. The SMILES string of the molecule is CCOc1cc(/C=C/C(=O)Nc2cccc(N3CCOC3=O)c2)cc(Cl)c1OC. The van der Waals surface area contributed by atoms with Gasteiger partial charge in [0.15, 0.2) is 11.5 Å². The zero-order valence-electron chi connectivity index (χ0n) is 16.1. The van der Waals surface area contributed by atoms with Crippen LogP contribution in [0.15, 0.2) is 42.5 Å². The average Bonchev–Trinajstić information content (AvgIpc) is 3.13. The third-order valence-electron chi connectivity index (χ3n) is 4.15. The van der Waals surface area contributed by atoms with E-state index in [4.69, 9.17) is 25.8 Å². The van der Waals surface area contributed by atoms with Gasteiger partial charge in [-0.3, -0.25) is 9.69 Å². The van der Waals surface area contributed by atoms with Crippen molar-refractivity contribution in [2.45, 2.75) is 6.92 Å². The van der Waals surface area contributed by atoms with E-state index in [2.05, 4.69) is 5.32 Å². The molecule has 2 amide bonds. The van der Waals surface area contributed by atoms with Crippen molar-refractivity contribution in [3.63, 3.8) is 0 Å². The molecular formula is C21H21ClN2O5. The molecule has 1 N–H and O–H groups in total. The van der Waals surface area contributed by atoms with E-state index in [-0.39, 0.29) is 5.91 Å². The van der Waals surface area contributed by atoms with Crippen LogP contribution in [0.25, 0.3) is 6.08 Å². The van der Waals surface area contributed by atoms with E-state index in [0.29, 0.717) is 53.2 Å². The molecule has 1 saturated heterocycles. The summed E-state index contributed by atoms with van der Waals surface area (Å²) in [6, 6.07) is 10.4. The minimum atomic E-state index is -0.394. The summed E-state index contributed by atoms with van der Waals surface area (Å²) in [6.45, 7) is 3.16. The first kappa shape index (κ1) is 20.5. The number of methoxy groups -OCH3 is 1. The lowest BCUT2D eigenvalue weighted by Gasteiger charge is -2.14. The number of carbonyl (C=O) groups is 2. The Balaban J connectivity index is 1.71. The molecule has 0 saturated carbocycles. The summed E-state index contributed by atoms with van der Waals surface area (Å²) in [7, 11) is 1.52. The van der Waals surface area contributed by atoms with Gasteiger partial charge in [-0.15, -0.1) is 0 Å². The number of ether oxygens (including phenoxy) is 3. The van der Waals surface area contributed by atoms with Gasteiger partial charge in [0.1, 0.15) is 6.61 Å². The summed E-state index contributed by atoms with van der Waals surface area (Å²) < 4.78 is 15.7. The van der Waals surface area contributed by atoms with Gasteiger partial charge in [0.25, 0.3) is 0 Å². The number of nitrogens with one attached hydrogen (secondary N) is 1.